The Morgan fingerprint density at radius 2 is 2.12 bits per heavy atom. The first kappa shape index (κ1) is 16.8. The number of nitrogens with zero attached hydrogens (tertiary/aromatic N) is 5. The van der Waals surface area contributed by atoms with Crippen molar-refractivity contribution in [3.05, 3.63) is 50.1 Å². The summed E-state index contributed by atoms with van der Waals surface area (Å²) in [4.78, 5) is 17.5. The Kier molecular flexibility index (Phi) is 3.66. The van der Waals surface area contributed by atoms with E-state index >= 15 is 0 Å². The van der Waals surface area contributed by atoms with Crippen molar-refractivity contribution in [1.29, 1.82) is 5.26 Å². The lowest BCUT2D eigenvalue weighted by Gasteiger charge is -2.09. The summed E-state index contributed by atoms with van der Waals surface area (Å²) in [6.45, 7) is 1.43. The molecule has 0 atom stereocenters. The van der Waals surface area contributed by atoms with Gasteiger partial charge >= 0.3 is 6.18 Å². The maximum atomic E-state index is 13.3. The number of aromatic nitrogens is 4. The average molecular weight is 379 g/mol. The SMILES string of the molecule is Cc1sc2nc(Cn3nc(C4CC4)cc3C(F)(F)F)cc(=O)n2c1C#N. The van der Waals surface area contributed by atoms with Crippen LogP contribution in [0.25, 0.3) is 4.96 Å². The van der Waals surface area contributed by atoms with Gasteiger partial charge in [-0.3, -0.25) is 9.48 Å². The summed E-state index contributed by atoms with van der Waals surface area (Å²) in [7, 11) is 0. The number of rotatable bonds is 3. The number of alkyl halides is 3. The average Bonchev–Trinajstić information content (AvgIpc) is 3.21. The van der Waals surface area contributed by atoms with Crippen LogP contribution in [0.3, 0.4) is 0 Å². The van der Waals surface area contributed by atoms with Gasteiger partial charge in [0.05, 0.1) is 17.9 Å². The molecule has 0 aromatic carbocycles. The molecule has 0 bridgehead atoms. The van der Waals surface area contributed by atoms with E-state index in [1.165, 1.54) is 4.40 Å². The normalized spacial score (nSPS) is 14.7. The van der Waals surface area contributed by atoms with Gasteiger partial charge in [0.15, 0.2) is 4.96 Å². The van der Waals surface area contributed by atoms with Crippen LogP contribution in [-0.4, -0.2) is 19.2 Å². The third-order valence-corrected chi connectivity index (χ3v) is 5.20. The van der Waals surface area contributed by atoms with Gasteiger partial charge in [0, 0.05) is 16.9 Å². The zero-order chi connectivity index (χ0) is 18.6. The highest BCUT2D eigenvalue weighted by atomic mass is 32.1. The molecule has 1 aliphatic carbocycles. The minimum Gasteiger partial charge on any atom is -0.269 e. The Morgan fingerprint density at radius 3 is 2.73 bits per heavy atom. The van der Waals surface area contributed by atoms with Crippen molar-refractivity contribution >= 4 is 16.3 Å². The lowest BCUT2D eigenvalue weighted by molar-refractivity contribution is -0.144. The first-order valence-electron chi connectivity index (χ1n) is 7.85. The van der Waals surface area contributed by atoms with Crippen molar-refractivity contribution in [2.24, 2.45) is 0 Å². The van der Waals surface area contributed by atoms with Crippen LogP contribution in [0.1, 0.15) is 46.4 Å². The molecule has 0 amide bonds. The van der Waals surface area contributed by atoms with Gasteiger partial charge in [-0.1, -0.05) is 0 Å². The molecule has 1 saturated carbocycles. The van der Waals surface area contributed by atoms with E-state index in [2.05, 4.69) is 10.1 Å². The number of halogens is 3. The van der Waals surface area contributed by atoms with E-state index in [1.54, 1.807) is 6.92 Å². The van der Waals surface area contributed by atoms with Gasteiger partial charge in [-0.25, -0.2) is 9.38 Å². The molecule has 0 saturated heterocycles. The number of nitriles is 1. The van der Waals surface area contributed by atoms with Crippen LogP contribution < -0.4 is 5.56 Å². The standard InChI is InChI=1S/C16H12F3N5OS/c1-8-12(6-20)24-14(25)4-10(21-15(24)26-8)7-23-13(16(17,18)19)5-11(22-23)9-2-3-9/h4-5,9H,2-3,7H2,1H3. The van der Waals surface area contributed by atoms with E-state index in [4.69, 9.17) is 5.26 Å². The summed E-state index contributed by atoms with van der Waals surface area (Å²) in [5, 5.41) is 13.2. The van der Waals surface area contributed by atoms with Crippen LogP contribution in [-0.2, 0) is 12.7 Å². The van der Waals surface area contributed by atoms with Crippen molar-refractivity contribution in [3.8, 4) is 6.07 Å². The van der Waals surface area contributed by atoms with E-state index in [1.807, 2.05) is 6.07 Å². The van der Waals surface area contributed by atoms with E-state index in [9.17, 15) is 18.0 Å². The molecule has 0 unspecified atom stereocenters. The van der Waals surface area contributed by atoms with Crippen molar-refractivity contribution in [1.82, 2.24) is 19.2 Å². The van der Waals surface area contributed by atoms with Crippen LogP contribution in [0.5, 0.6) is 0 Å². The van der Waals surface area contributed by atoms with Crippen molar-refractivity contribution in [2.45, 2.75) is 38.4 Å². The number of hydrogen-bond donors (Lipinski definition) is 0. The lowest BCUT2D eigenvalue weighted by Crippen LogP contribution is -2.19. The third-order valence-electron chi connectivity index (χ3n) is 4.25. The monoisotopic (exact) mass is 379 g/mol. The summed E-state index contributed by atoms with van der Waals surface area (Å²) in [5.41, 5.74) is -0.541. The van der Waals surface area contributed by atoms with E-state index < -0.39 is 17.4 Å². The van der Waals surface area contributed by atoms with E-state index in [-0.39, 0.29) is 28.8 Å². The van der Waals surface area contributed by atoms with Crippen LogP contribution in [0.2, 0.25) is 0 Å². The Bertz CT molecular complexity index is 1110. The van der Waals surface area contributed by atoms with Gasteiger partial charge < -0.3 is 0 Å². The van der Waals surface area contributed by atoms with Gasteiger partial charge in [-0.15, -0.1) is 11.3 Å². The summed E-state index contributed by atoms with van der Waals surface area (Å²) >= 11 is 1.15. The molecule has 3 aromatic rings. The number of hydrogen-bond acceptors (Lipinski definition) is 5. The first-order chi connectivity index (χ1) is 12.3. The molecule has 10 heteroatoms. The zero-order valence-corrected chi connectivity index (χ0v) is 14.4. The van der Waals surface area contributed by atoms with Crippen molar-refractivity contribution < 1.29 is 13.2 Å². The minimum atomic E-state index is -4.53. The first-order valence-corrected chi connectivity index (χ1v) is 8.66. The Labute approximate surface area is 149 Å². The van der Waals surface area contributed by atoms with Crippen LogP contribution in [0.15, 0.2) is 16.9 Å². The van der Waals surface area contributed by atoms with Gasteiger partial charge in [0.2, 0.25) is 0 Å². The molecule has 0 aliphatic heterocycles. The molecule has 26 heavy (non-hydrogen) atoms. The second-order valence-electron chi connectivity index (χ2n) is 6.21. The predicted octanol–water partition coefficient (Wildman–Crippen LogP) is 3.08. The highest BCUT2D eigenvalue weighted by Crippen LogP contribution is 2.41. The van der Waals surface area contributed by atoms with E-state index in [0.717, 1.165) is 41.0 Å². The Morgan fingerprint density at radius 1 is 1.38 bits per heavy atom. The van der Waals surface area contributed by atoms with Crippen LogP contribution >= 0.6 is 11.3 Å². The highest BCUT2D eigenvalue weighted by molar-refractivity contribution is 7.17. The third kappa shape index (κ3) is 2.78. The largest absolute Gasteiger partial charge is 0.433 e. The molecular weight excluding hydrogens is 367 g/mol. The summed E-state index contributed by atoms with van der Waals surface area (Å²) in [5.74, 6) is 0.0801. The maximum Gasteiger partial charge on any atom is 0.433 e. The van der Waals surface area contributed by atoms with Crippen LogP contribution in [0, 0.1) is 18.3 Å². The second-order valence-corrected chi connectivity index (χ2v) is 7.39. The topological polar surface area (TPSA) is 76.0 Å². The molecule has 0 spiro atoms. The number of thiazole rings is 1. The molecule has 4 rings (SSSR count). The second kappa shape index (κ2) is 5.67. The van der Waals surface area contributed by atoms with Gasteiger partial charge in [0.1, 0.15) is 17.5 Å². The molecular formula is C16H12F3N5OS. The fourth-order valence-corrected chi connectivity index (χ4v) is 3.79. The lowest BCUT2D eigenvalue weighted by atomic mass is 10.2. The smallest absolute Gasteiger partial charge is 0.269 e. The van der Waals surface area contributed by atoms with Crippen molar-refractivity contribution in [2.75, 3.05) is 0 Å². The van der Waals surface area contributed by atoms with Gasteiger partial charge in [0.25, 0.3) is 5.56 Å². The van der Waals surface area contributed by atoms with Crippen LogP contribution in [0.4, 0.5) is 13.2 Å². The summed E-state index contributed by atoms with van der Waals surface area (Å²) in [6, 6.07) is 4.17. The summed E-state index contributed by atoms with van der Waals surface area (Å²) in [6.07, 6.45) is -2.86. The molecule has 3 aromatic heterocycles. The quantitative estimate of drug-likeness (QED) is 0.701. The molecule has 3 heterocycles. The Balaban J connectivity index is 1.78. The highest BCUT2D eigenvalue weighted by Gasteiger charge is 2.38. The predicted molar refractivity (Wildman–Crippen MR) is 87.1 cm³/mol. The molecule has 0 N–H and O–H groups in total. The molecule has 134 valence electrons. The minimum absolute atomic E-state index is 0.0801. The Hall–Kier alpha value is -2.67. The fourth-order valence-electron chi connectivity index (χ4n) is 2.85. The fraction of sp³-hybridized carbons (Fsp3) is 0.375. The maximum absolute atomic E-state index is 13.3. The van der Waals surface area contributed by atoms with Crippen molar-refractivity contribution in [3.63, 3.8) is 0 Å². The number of fused-ring (bicyclic) bond motifs is 1. The summed E-state index contributed by atoms with van der Waals surface area (Å²) < 4.78 is 41.9. The van der Waals surface area contributed by atoms with Gasteiger partial charge in [-0.05, 0) is 25.8 Å². The zero-order valence-electron chi connectivity index (χ0n) is 13.5. The number of aryl methyl sites for hydroxylation is 1. The molecule has 1 fully saturated rings. The molecule has 0 radical (unpaired) electrons. The van der Waals surface area contributed by atoms with Gasteiger partial charge in [-0.2, -0.15) is 23.5 Å². The van der Waals surface area contributed by atoms with E-state index in [0.29, 0.717) is 10.6 Å². The molecule has 1 aliphatic rings. The molecule has 6 nitrogen and oxygen atoms in total.